The first-order valence-electron chi connectivity index (χ1n) is 4.73. The van der Waals surface area contributed by atoms with E-state index in [0.29, 0.717) is 6.61 Å². The Morgan fingerprint density at radius 1 is 1.67 bits per heavy atom. The fourth-order valence-electron chi connectivity index (χ4n) is 1.13. The molecule has 84 valence electrons. The highest BCUT2D eigenvalue weighted by Gasteiger charge is 2.13. The minimum absolute atomic E-state index is 0.337. The summed E-state index contributed by atoms with van der Waals surface area (Å²) in [5.41, 5.74) is 2.85. The highest BCUT2D eigenvalue weighted by molar-refractivity contribution is 7.09. The molecule has 5 heteroatoms. The number of rotatable bonds is 5. The third kappa shape index (κ3) is 3.60. The van der Waals surface area contributed by atoms with E-state index >= 15 is 0 Å². The second-order valence-corrected chi connectivity index (χ2v) is 4.09. The van der Waals surface area contributed by atoms with Crippen LogP contribution in [-0.2, 0) is 20.7 Å². The van der Waals surface area contributed by atoms with E-state index in [-0.39, 0.29) is 5.97 Å². The number of methoxy groups -OCH3 is 1. The summed E-state index contributed by atoms with van der Waals surface area (Å²) >= 11 is 1.61. The van der Waals surface area contributed by atoms with Crippen LogP contribution in [0, 0.1) is 6.92 Å². The molecule has 0 spiro atoms. The van der Waals surface area contributed by atoms with Gasteiger partial charge in [0.2, 0.25) is 0 Å². The van der Waals surface area contributed by atoms with Crippen LogP contribution in [0.25, 0.3) is 0 Å². The molecular formula is C10H15NO3S. The summed E-state index contributed by atoms with van der Waals surface area (Å²) in [6.07, 6.45) is 0.293. The summed E-state index contributed by atoms with van der Waals surface area (Å²) in [5.74, 6) is -0.337. The van der Waals surface area contributed by atoms with E-state index in [4.69, 9.17) is 4.74 Å². The first-order chi connectivity index (χ1) is 7.15. The zero-order valence-corrected chi connectivity index (χ0v) is 9.97. The van der Waals surface area contributed by atoms with Gasteiger partial charge in [-0.1, -0.05) is 0 Å². The highest BCUT2D eigenvalue weighted by Crippen LogP contribution is 2.12. The lowest BCUT2D eigenvalue weighted by Gasteiger charge is -2.09. The van der Waals surface area contributed by atoms with Crippen molar-refractivity contribution in [1.82, 2.24) is 4.98 Å². The molecule has 1 aromatic heterocycles. The Hall–Kier alpha value is -0.940. The molecule has 0 aromatic carbocycles. The molecule has 0 unspecified atom stereocenters. The van der Waals surface area contributed by atoms with Crippen LogP contribution in [0.2, 0.25) is 0 Å². The summed E-state index contributed by atoms with van der Waals surface area (Å²) < 4.78 is 9.88. The van der Waals surface area contributed by atoms with Crippen molar-refractivity contribution in [2.75, 3.05) is 13.7 Å². The number of ether oxygens (including phenoxy) is 2. The van der Waals surface area contributed by atoms with Crippen LogP contribution in [-0.4, -0.2) is 30.8 Å². The van der Waals surface area contributed by atoms with Gasteiger partial charge in [0, 0.05) is 11.3 Å². The first-order valence-corrected chi connectivity index (χ1v) is 5.61. The molecule has 0 saturated heterocycles. The molecule has 0 bridgehead atoms. The SMILES string of the molecule is COC(=O)[C@@H](C)OCCc1scnc1C. The monoisotopic (exact) mass is 229 g/mol. The number of carbonyl (C=O) groups excluding carboxylic acids is 1. The van der Waals surface area contributed by atoms with Crippen LogP contribution < -0.4 is 0 Å². The summed E-state index contributed by atoms with van der Waals surface area (Å²) in [5, 5.41) is 0. The summed E-state index contributed by atoms with van der Waals surface area (Å²) in [7, 11) is 1.36. The molecule has 0 aliphatic rings. The molecule has 0 saturated carbocycles. The normalized spacial score (nSPS) is 12.5. The fourth-order valence-corrected chi connectivity index (χ4v) is 1.89. The van der Waals surface area contributed by atoms with E-state index in [1.54, 1.807) is 18.3 Å². The van der Waals surface area contributed by atoms with Gasteiger partial charge in [-0.2, -0.15) is 0 Å². The van der Waals surface area contributed by atoms with Crippen molar-refractivity contribution in [2.45, 2.75) is 26.4 Å². The number of hydrogen-bond acceptors (Lipinski definition) is 5. The quantitative estimate of drug-likeness (QED) is 0.719. The topological polar surface area (TPSA) is 48.4 Å². The number of nitrogens with zero attached hydrogens (tertiary/aromatic N) is 1. The van der Waals surface area contributed by atoms with E-state index in [2.05, 4.69) is 9.72 Å². The predicted molar refractivity (Wildman–Crippen MR) is 58.0 cm³/mol. The molecule has 15 heavy (non-hydrogen) atoms. The van der Waals surface area contributed by atoms with Crippen LogP contribution >= 0.6 is 11.3 Å². The second-order valence-electron chi connectivity index (χ2n) is 3.15. The Morgan fingerprint density at radius 3 is 2.93 bits per heavy atom. The Labute approximate surface area is 93.2 Å². The minimum atomic E-state index is -0.497. The molecular weight excluding hydrogens is 214 g/mol. The van der Waals surface area contributed by atoms with Gasteiger partial charge in [-0.05, 0) is 13.8 Å². The van der Waals surface area contributed by atoms with Gasteiger partial charge >= 0.3 is 5.97 Å². The van der Waals surface area contributed by atoms with Crippen molar-refractivity contribution in [3.63, 3.8) is 0 Å². The van der Waals surface area contributed by atoms with Gasteiger partial charge < -0.3 is 9.47 Å². The fraction of sp³-hybridized carbons (Fsp3) is 0.600. The minimum Gasteiger partial charge on any atom is -0.467 e. The maximum absolute atomic E-state index is 11.0. The molecule has 1 atom stereocenters. The summed E-state index contributed by atoms with van der Waals surface area (Å²) in [6.45, 7) is 4.17. The molecule has 0 aliphatic heterocycles. The number of aryl methyl sites for hydroxylation is 1. The van der Waals surface area contributed by atoms with Crippen LogP contribution in [0.3, 0.4) is 0 Å². The Bertz CT molecular complexity index is 324. The lowest BCUT2D eigenvalue weighted by molar-refractivity contribution is -0.152. The number of aromatic nitrogens is 1. The van der Waals surface area contributed by atoms with Crippen molar-refractivity contribution < 1.29 is 14.3 Å². The first kappa shape index (κ1) is 12.1. The molecule has 1 rings (SSSR count). The van der Waals surface area contributed by atoms with Crippen molar-refractivity contribution in [1.29, 1.82) is 0 Å². The van der Waals surface area contributed by atoms with Gasteiger partial charge in [-0.25, -0.2) is 9.78 Å². The number of hydrogen-bond donors (Lipinski definition) is 0. The van der Waals surface area contributed by atoms with E-state index in [9.17, 15) is 4.79 Å². The zero-order valence-electron chi connectivity index (χ0n) is 9.15. The molecule has 0 N–H and O–H groups in total. The maximum Gasteiger partial charge on any atom is 0.334 e. The van der Waals surface area contributed by atoms with Crippen molar-refractivity contribution in [3.8, 4) is 0 Å². The van der Waals surface area contributed by atoms with Gasteiger partial charge in [0.1, 0.15) is 0 Å². The Balaban J connectivity index is 2.28. The van der Waals surface area contributed by atoms with Crippen LogP contribution in [0.5, 0.6) is 0 Å². The standard InChI is InChI=1S/C10H15NO3S/c1-7-9(15-6-11-7)4-5-14-8(2)10(12)13-3/h6,8H,4-5H2,1-3H3/t8-/m1/s1. The molecule has 0 aliphatic carbocycles. The molecule has 0 radical (unpaired) electrons. The van der Waals surface area contributed by atoms with Gasteiger partial charge in [-0.15, -0.1) is 11.3 Å². The average molecular weight is 229 g/mol. The van der Waals surface area contributed by atoms with Gasteiger partial charge in [-0.3, -0.25) is 0 Å². The molecule has 0 fully saturated rings. The largest absolute Gasteiger partial charge is 0.467 e. The third-order valence-corrected chi connectivity index (χ3v) is 3.07. The van der Waals surface area contributed by atoms with Gasteiger partial charge in [0.15, 0.2) is 6.10 Å². The van der Waals surface area contributed by atoms with E-state index < -0.39 is 6.10 Å². The van der Waals surface area contributed by atoms with E-state index in [1.807, 2.05) is 12.4 Å². The van der Waals surface area contributed by atoms with Gasteiger partial charge in [0.05, 0.1) is 24.9 Å². The third-order valence-electron chi connectivity index (χ3n) is 2.07. The van der Waals surface area contributed by atoms with E-state index in [1.165, 1.54) is 12.0 Å². The van der Waals surface area contributed by atoms with Crippen LogP contribution in [0.15, 0.2) is 5.51 Å². The van der Waals surface area contributed by atoms with Crippen molar-refractivity contribution >= 4 is 17.3 Å². The zero-order chi connectivity index (χ0) is 11.3. The predicted octanol–water partition coefficient (Wildman–Crippen LogP) is 1.57. The van der Waals surface area contributed by atoms with Crippen LogP contribution in [0.1, 0.15) is 17.5 Å². The van der Waals surface area contributed by atoms with Crippen molar-refractivity contribution in [3.05, 3.63) is 16.1 Å². The van der Waals surface area contributed by atoms with Crippen molar-refractivity contribution in [2.24, 2.45) is 0 Å². The molecule has 1 aromatic rings. The highest BCUT2D eigenvalue weighted by atomic mass is 32.1. The Kier molecular flexibility index (Phi) is 4.71. The van der Waals surface area contributed by atoms with Crippen LogP contribution in [0.4, 0.5) is 0 Å². The second kappa shape index (κ2) is 5.82. The Morgan fingerprint density at radius 2 is 2.40 bits per heavy atom. The van der Waals surface area contributed by atoms with Gasteiger partial charge in [0.25, 0.3) is 0 Å². The lowest BCUT2D eigenvalue weighted by Crippen LogP contribution is -2.23. The van der Waals surface area contributed by atoms with E-state index in [0.717, 1.165) is 12.1 Å². The summed E-state index contributed by atoms with van der Waals surface area (Å²) in [6, 6.07) is 0. The number of esters is 1. The molecule has 0 amide bonds. The smallest absolute Gasteiger partial charge is 0.334 e. The average Bonchev–Trinajstić information content (AvgIpc) is 2.63. The molecule has 4 nitrogen and oxygen atoms in total. The lowest BCUT2D eigenvalue weighted by atomic mass is 10.3. The molecule has 1 heterocycles. The number of carbonyl (C=O) groups is 1. The summed E-state index contributed by atoms with van der Waals surface area (Å²) in [4.78, 5) is 16.4. The number of thiazole rings is 1. The maximum atomic E-state index is 11.0.